The number of halogens is 1. The number of H-pyrrole nitrogens is 1. The summed E-state index contributed by atoms with van der Waals surface area (Å²) in [6.45, 7) is 2.38. The first-order valence-electron chi connectivity index (χ1n) is 8.86. The van der Waals surface area contributed by atoms with Gasteiger partial charge >= 0.3 is 5.69 Å². The minimum absolute atomic E-state index is 0.0147. The fraction of sp³-hybridized carbons (Fsp3) is 0.250. The summed E-state index contributed by atoms with van der Waals surface area (Å²) in [5.41, 5.74) is 4.24. The number of imidazole rings is 1. The predicted molar refractivity (Wildman–Crippen MR) is 112 cm³/mol. The van der Waals surface area contributed by atoms with E-state index in [9.17, 15) is 9.90 Å². The molecule has 28 heavy (non-hydrogen) atoms. The SMILES string of the molecule is Cc1nc2c(n1CCO)C=Cc1cc(Cl)ccc1C2c1cn(C)c(=O)[nH]c1=S. The molecule has 6 nitrogen and oxygen atoms in total. The van der Waals surface area contributed by atoms with Gasteiger partial charge in [-0.15, -0.1) is 0 Å². The van der Waals surface area contributed by atoms with Crippen molar-refractivity contribution >= 4 is 36.0 Å². The van der Waals surface area contributed by atoms with Crippen molar-refractivity contribution in [2.75, 3.05) is 6.61 Å². The van der Waals surface area contributed by atoms with Gasteiger partial charge in [0.15, 0.2) is 0 Å². The Labute approximate surface area is 171 Å². The molecule has 0 amide bonds. The molecular formula is C20H19ClN4O2S. The minimum atomic E-state index is -0.272. The van der Waals surface area contributed by atoms with E-state index in [2.05, 4.69) is 4.98 Å². The number of hydrogen-bond donors (Lipinski definition) is 2. The molecule has 0 bridgehead atoms. The summed E-state index contributed by atoms with van der Waals surface area (Å²) < 4.78 is 3.85. The Morgan fingerprint density at radius 1 is 1.32 bits per heavy atom. The molecule has 2 N–H and O–H groups in total. The lowest BCUT2D eigenvalue weighted by molar-refractivity contribution is 0.274. The zero-order valence-corrected chi connectivity index (χ0v) is 17.0. The Kier molecular flexibility index (Phi) is 4.82. The molecule has 0 saturated heterocycles. The Morgan fingerprint density at radius 2 is 2.11 bits per heavy atom. The molecule has 1 aliphatic rings. The van der Waals surface area contributed by atoms with Crippen LogP contribution in [0.1, 0.15) is 39.8 Å². The lowest BCUT2D eigenvalue weighted by atomic mass is 9.87. The summed E-state index contributed by atoms with van der Waals surface area (Å²) in [7, 11) is 1.69. The molecule has 1 aromatic carbocycles. The number of rotatable bonds is 3. The third-order valence-corrected chi connectivity index (χ3v) is 5.62. The molecular weight excluding hydrogens is 396 g/mol. The largest absolute Gasteiger partial charge is 0.395 e. The molecule has 0 fully saturated rings. The van der Waals surface area contributed by atoms with Crippen molar-refractivity contribution in [1.82, 2.24) is 19.1 Å². The van der Waals surface area contributed by atoms with Crippen molar-refractivity contribution in [1.29, 1.82) is 0 Å². The summed E-state index contributed by atoms with van der Waals surface area (Å²) in [5, 5.41) is 10.1. The maximum Gasteiger partial charge on any atom is 0.326 e. The van der Waals surface area contributed by atoms with Crippen LogP contribution in [-0.4, -0.2) is 30.8 Å². The Bertz CT molecular complexity index is 1220. The van der Waals surface area contributed by atoms with Gasteiger partial charge in [-0.1, -0.05) is 36.0 Å². The molecule has 1 aliphatic carbocycles. The fourth-order valence-corrected chi connectivity index (χ4v) is 4.19. The van der Waals surface area contributed by atoms with Gasteiger partial charge < -0.3 is 14.2 Å². The zero-order valence-electron chi connectivity index (χ0n) is 15.4. The number of aromatic nitrogens is 4. The number of benzene rings is 1. The quantitative estimate of drug-likeness (QED) is 0.504. The van der Waals surface area contributed by atoms with Crippen molar-refractivity contribution in [2.45, 2.75) is 19.4 Å². The van der Waals surface area contributed by atoms with Crippen molar-refractivity contribution in [2.24, 2.45) is 7.05 Å². The monoisotopic (exact) mass is 414 g/mol. The molecule has 0 radical (unpaired) electrons. The normalized spacial score (nSPS) is 15.2. The number of hydrogen-bond acceptors (Lipinski definition) is 4. The van der Waals surface area contributed by atoms with Gasteiger partial charge in [0.05, 0.1) is 23.9 Å². The summed E-state index contributed by atoms with van der Waals surface area (Å²) in [4.78, 5) is 19.6. The average molecular weight is 415 g/mol. The summed E-state index contributed by atoms with van der Waals surface area (Å²) in [6.07, 6.45) is 5.76. The zero-order chi connectivity index (χ0) is 20.0. The smallest absolute Gasteiger partial charge is 0.326 e. The van der Waals surface area contributed by atoms with E-state index in [-0.39, 0.29) is 18.2 Å². The molecule has 0 spiro atoms. The molecule has 0 saturated carbocycles. The first-order valence-corrected chi connectivity index (χ1v) is 9.64. The summed E-state index contributed by atoms with van der Waals surface area (Å²) in [6, 6.07) is 5.73. The van der Waals surface area contributed by atoms with Gasteiger partial charge in [0.2, 0.25) is 0 Å². The van der Waals surface area contributed by atoms with Gasteiger partial charge in [0.1, 0.15) is 10.5 Å². The molecule has 2 aromatic heterocycles. The van der Waals surface area contributed by atoms with Crippen molar-refractivity contribution in [3.63, 3.8) is 0 Å². The first kappa shape index (κ1) is 18.9. The van der Waals surface area contributed by atoms with Gasteiger partial charge in [0, 0.05) is 30.4 Å². The molecule has 8 heteroatoms. The fourth-order valence-electron chi connectivity index (χ4n) is 3.75. The summed E-state index contributed by atoms with van der Waals surface area (Å²) in [5.74, 6) is 0.539. The maximum atomic E-state index is 12.0. The lowest BCUT2D eigenvalue weighted by Crippen LogP contribution is -2.22. The van der Waals surface area contributed by atoms with E-state index >= 15 is 0 Å². The van der Waals surface area contributed by atoms with E-state index in [0.29, 0.717) is 16.2 Å². The van der Waals surface area contributed by atoms with E-state index in [1.165, 1.54) is 4.57 Å². The first-order chi connectivity index (χ1) is 13.4. The van der Waals surface area contributed by atoms with E-state index < -0.39 is 0 Å². The van der Waals surface area contributed by atoms with Crippen LogP contribution in [0.2, 0.25) is 5.02 Å². The van der Waals surface area contributed by atoms with Crippen molar-refractivity contribution in [3.05, 3.63) is 78.4 Å². The van der Waals surface area contributed by atoms with Crippen LogP contribution >= 0.6 is 23.8 Å². The highest BCUT2D eigenvalue weighted by molar-refractivity contribution is 7.71. The van der Waals surface area contributed by atoms with E-state index in [4.69, 9.17) is 28.8 Å². The molecule has 0 aliphatic heterocycles. The Hall–Kier alpha value is -2.48. The van der Waals surface area contributed by atoms with Crippen LogP contribution in [0.25, 0.3) is 12.2 Å². The lowest BCUT2D eigenvalue weighted by Gasteiger charge is -2.19. The van der Waals surface area contributed by atoms with Crippen LogP contribution < -0.4 is 5.69 Å². The van der Waals surface area contributed by atoms with Crippen LogP contribution in [0.3, 0.4) is 0 Å². The molecule has 144 valence electrons. The summed E-state index contributed by atoms with van der Waals surface area (Å²) >= 11 is 11.7. The van der Waals surface area contributed by atoms with Gasteiger partial charge in [-0.05, 0) is 36.3 Å². The van der Waals surface area contributed by atoms with E-state index in [1.54, 1.807) is 13.2 Å². The molecule has 1 atom stereocenters. The predicted octanol–water partition coefficient (Wildman–Crippen LogP) is 3.26. The third kappa shape index (κ3) is 3.05. The molecule has 2 heterocycles. The number of nitrogens with zero attached hydrogens (tertiary/aromatic N) is 3. The highest BCUT2D eigenvalue weighted by atomic mass is 35.5. The van der Waals surface area contributed by atoms with Gasteiger partial charge in [-0.3, -0.25) is 4.98 Å². The minimum Gasteiger partial charge on any atom is -0.395 e. The average Bonchev–Trinajstić information content (AvgIpc) is 2.86. The number of nitrogens with one attached hydrogen (secondary N) is 1. The topological polar surface area (TPSA) is 75.8 Å². The van der Waals surface area contributed by atoms with Gasteiger partial charge in [-0.2, -0.15) is 0 Å². The number of aliphatic hydroxyl groups excluding tert-OH is 1. The second-order valence-electron chi connectivity index (χ2n) is 6.80. The highest BCUT2D eigenvalue weighted by Gasteiger charge is 2.29. The van der Waals surface area contributed by atoms with Crippen LogP contribution in [0.5, 0.6) is 0 Å². The number of aliphatic hydroxyl groups is 1. The third-order valence-electron chi connectivity index (χ3n) is 5.05. The highest BCUT2D eigenvalue weighted by Crippen LogP contribution is 2.39. The van der Waals surface area contributed by atoms with Crippen LogP contribution in [-0.2, 0) is 13.6 Å². The standard InChI is InChI=1S/C20H19ClN4O2S/c1-11-22-18-16(25(11)7-8-26)6-3-12-9-13(21)4-5-14(12)17(18)15-10-24(2)20(27)23-19(15)28/h3-6,9-10,17,26H,7-8H2,1-2H3,(H,23,27,28). The second kappa shape index (κ2) is 7.16. The van der Waals surface area contributed by atoms with E-state index in [0.717, 1.165) is 33.9 Å². The van der Waals surface area contributed by atoms with Crippen molar-refractivity contribution < 1.29 is 5.11 Å². The number of aryl methyl sites for hydroxylation is 2. The number of aromatic amines is 1. The molecule has 3 aromatic rings. The Morgan fingerprint density at radius 3 is 2.86 bits per heavy atom. The van der Waals surface area contributed by atoms with Crippen LogP contribution in [0, 0.1) is 11.6 Å². The molecule has 1 unspecified atom stereocenters. The van der Waals surface area contributed by atoms with Gasteiger partial charge in [0.25, 0.3) is 0 Å². The Balaban J connectivity index is 2.07. The maximum absolute atomic E-state index is 12.0. The molecule has 4 rings (SSSR count). The van der Waals surface area contributed by atoms with Gasteiger partial charge in [-0.25, -0.2) is 9.78 Å². The second-order valence-corrected chi connectivity index (χ2v) is 7.64. The number of fused-ring (bicyclic) bond motifs is 2. The van der Waals surface area contributed by atoms with Crippen LogP contribution in [0.15, 0.2) is 29.2 Å². The van der Waals surface area contributed by atoms with Crippen molar-refractivity contribution in [3.8, 4) is 0 Å². The van der Waals surface area contributed by atoms with E-state index in [1.807, 2.05) is 41.8 Å². The van der Waals surface area contributed by atoms with Crippen LogP contribution in [0.4, 0.5) is 0 Å².